The highest BCUT2D eigenvalue weighted by Gasteiger charge is 1.97. The van der Waals surface area contributed by atoms with Gasteiger partial charge >= 0.3 is 0 Å². The zero-order chi connectivity index (χ0) is 19.2. The van der Waals surface area contributed by atoms with E-state index < -0.39 is 0 Å². The van der Waals surface area contributed by atoms with E-state index in [1.54, 1.807) is 0 Å². The van der Waals surface area contributed by atoms with E-state index in [1.807, 2.05) is 0 Å². The third-order valence-electron chi connectivity index (χ3n) is 4.83. The summed E-state index contributed by atoms with van der Waals surface area (Å²) in [7, 11) is 0. The summed E-state index contributed by atoms with van der Waals surface area (Å²) in [5, 5.41) is 0. The molecule has 0 aliphatic heterocycles. The minimum Gasteiger partial charge on any atom is -0.381 e. The van der Waals surface area contributed by atoms with Crippen LogP contribution in [0.1, 0.15) is 62.5 Å². The molecular formula is C24H32Br2O. The molecule has 0 aliphatic rings. The topological polar surface area (TPSA) is 9.23 Å². The van der Waals surface area contributed by atoms with E-state index in [-0.39, 0.29) is 0 Å². The van der Waals surface area contributed by atoms with Crippen LogP contribution in [0.2, 0.25) is 0 Å². The highest BCUT2D eigenvalue weighted by Crippen LogP contribution is 2.14. The van der Waals surface area contributed by atoms with Crippen molar-refractivity contribution < 1.29 is 4.74 Å². The molecule has 0 heterocycles. The number of aryl methyl sites for hydroxylation is 2. The Balaban J connectivity index is 1.32. The maximum Gasteiger partial charge on any atom is 0.0466 e. The van der Waals surface area contributed by atoms with Crippen molar-refractivity contribution >= 4 is 31.9 Å². The van der Waals surface area contributed by atoms with Gasteiger partial charge in [-0.05, 0) is 73.9 Å². The van der Waals surface area contributed by atoms with Crippen LogP contribution >= 0.6 is 31.9 Å². The van der Waals surface area contributed by atoms with E-state index in [1.165, 1.54) is 75.3 Å². The van der Waals surface area contributed by atoms with E-state index in [2.05, 4.69) is 80.4 Å². The van der Waals surface area contributed by atoms with Crippen LogP contribution < -0.4 is 0 Å². The molecule has 0 N–H and O–H groups in total. The number of hydrogen-bond acceptors (Lipinski definition) is 1. The van der Waals surface area contributed by atoms with Crippen LogP contribution in [0, 0.1) is 0 Å². The molecule has 0 unspecified atom stereocenters. The lowest BCUT2D eigenvalue weighted by Gasteiger charge is -2.05. The number of unbranched alkanes of at least 4 members (excludes halogenated alkanes) is 6. The Bertz CT molecular complexity index is 552. The standard InChI is InChI=1S/C24H32Br2O/c25-23-15-11-21(12-16-23)9-5-1-3-7-19-27-20-8-4-2-6-10-22-13-17-24(26)18-14-22/h11-18H,1-10,19-20H2. The minimum absolute atomic E-state index is 0.928. The van der Waals surface area contributed by atoms with E-state index >= 15 is 0 Å². The number of benzene rings is 2. The zero-order valence-electron chi connectivity index (χ0n) is 16.3. The predicted molar refractivity (Wildman–Crippen MR) is 123 cm³/mol. The molecule has 27 heavy (non-hydrogen) atoms. The summed E-state index contributed by atoms with van der Waals surface area (Å²) in [6, 6.07) is 17.4. The van der Waals surface area contributed by atoms with E-state index in [0.29, 0.717) is 0 Å². The predicted octanol–water partition coefficient (Wildman–Crippen LogP) is 8.13. The van der Waals surface area contributed by atoms with Crippen LogP contribution in [0.25, 0.3) is 0 Å². The summed E-state index contributed by atoms with van der Waals surface area (Å²) in [6.45, 7) is 1.86. The molecule has 0 fully saturated rings. The molecule has 3 heteroatoms. The van der Waals surface area contributed by atoms with Gasteiger partial charge in [0.05, 0.1) is 0 Å². The van der Waals surface area contributed by atoms with Gasteiger partial charge in [-0.2, -0.15) is 0 Å². The lowest BCUT2D eigenvalue weighted by molar-refractivity contribution is 0.125. The van der Waals surface area contributed by atoms with Gasteiger partial charge < -0.3 is 4.74 Å². The normalized spacial score (nSPS) is 11.0. The SMILES string of the molecule is Brc1ccc(CCCCCCOCCCCCCc2ccc(Br)cc2)cc1. The Morgan fingerprint density at radius 2 is 0.852 bits per heavy atom. The molecule has 0 spiro atoms. The maximum atomic E-state index is 5.78. The fourth-order valence-corrected chi connectivity index (χ4v) is 3.71. The second-order valence-electron chi connectivity index (χ2n) is 7.19. The first-order valence-corrected chi connectivity index (χ1v) is 11.9. The number of ether oxygens (including phenoxy) is 1. The molecule has 0 amide bonds. The molecular weight excluding hydrogens is 464 g/mol. The zero-order valence-corrected chi connectivity index (χ0v) is 19.4. The summed E-state index contributed by atoms with van der Waals surface area (Å²) >= 11 is 6.96. The van der Waals surface area contributed by atoms with Gasteiger partial charge in [0.1, 0.15) is 0 Å². The van der Waals surface area contributed by atoms with Gasteiger partial charge in [0.15, 0.2) is 0 Å². The molecule has 148 valence electrons. The Hall–Kier alpha value is -0.640. The third-order valence-corrected chi connectivity index (χ3v) is 5.89. The van der Waals surface area contributed by atoms with Crippen LogP contribution in [0.15, 0.2) is 57.5 Å². The summed E-state index contributed by atoms with van der Waals surface area (Å²) in [5.74, 6) is 0. The molecule has 2 aromatic carbocycles. The highest BCUT2D eigenvalue weighted by molar-refractivity contribution is 9.10. The van der Waals surface area contributed by atoms with Gasteiger partial charge in [0.2, 0.25) is 0 Å². The van der Waals surface area contributed by atoms with Gasteiger partial charge in [0.25, 0.3) is 0 Å². The van der Waals surface area contributed by atoms with Crippen molar-refractivity contribution in [1.82, 2.24) is 0 Å². The molecule has 2 aromatic rings. The lowest BCUT2D eigenvalue weighted by Crippen LogP contribution is -1.97. The Labute approximate surface area is 182 Å². The molecule has 0 aliphatic carbocycles. The van der Waals surface area contributed by atoms with E-state index in [9.17, 15) is 0 Å². The minimum atomic E-state index is 0.928. The van der Waals surface area contributed by atoms with Gasteiger partial charge in [-0.1, -0.05) is 81.8 Å². The van der Waals surface area contributed by atoms with Crippen molar-refractivity contribution in [3.63, 3.8) is 0 Å². The number of halogens is 2. The number of hydrogen-bond donors (Lipinski definition) is 0. The molecule has 0 radical (unpaired) electrons. The van der Waals surface area contributed by atoms with E-state index in [4.69, 9.17) is 4.74 Å². The Morgan fingerprint density at radius 1 is 0.481 bits per heavy atom. The van der Waals surface area contributed by atoms with Crippen molar-refractivity contribution in [2.24, 2.45) is 0 Å². The first kappa shape index (κ1) is 22.6. The largest absolute Gasteiger partial charge is 0.381 e. The van der Waals surface area contributed by atoms with Crippen molar-refractivity contribution in [2.75, 3.05) is 13.2 Å². The third kappa shape index (κ3) is 11.1. The second-order valence-corrected chi connectivity index (χ2v) is 9.03. The van der Waals surface area contributed by atoms with Crippen molar-refractivity contribution in [3.8, 4) is 0 Å². The van der Waals surface area contributed by atoms with Gasteiger partial charge in [0, 0.05) is 22.2 Å². The average molecular weight is 496 g/mol. The van der Waals surface area contributed by atoms with Crippen molar-refractivity contribution in [2.45, 2.75) is 64.2 Å². The quantitative estimate of drug-likeness (QED) is 0.240. The van der Waals surface area contributed by atoms with Crippen LogP contribution in [0.4, 0.5) is 0 Å². The van der Waals surface area contributed by atoms with E-state index in [0.717, 1.165) is 22.2 Å². The Morgan fingerprint density at radius 3 is 1.26 bits per heavy atom. The molecule has 0 atom stereocenters. The fourth-order valence-electron chi connectivity index (χ4n) is 3.18. The summed E-state index contributed by atoms with van der Waals surface area (Å²) in [4.78, 5) is 0. The van der Waals surface area contributed by atoms with Gasteiger partial charge in [-0.15, -0.1) is 0 Å². The smallest absolute Gasteiger partial charge is 0.0466 e. The summed E-state index contributed by atoms with van der Waals surface area (Å²) < 4.78 is 8.10. The summed E-state index contributed by atoms with van der Waals surface area (Å²) in [5.41, 5.74) is 2.88. The molecule has 0 bridgehead atoms. The van der Waals surface area contributed by atoms with Gasteiger partial charge in [-0.25, -0.2) is 0 Å². The van der Waals surface area contributed by atoms with Crippen molar-refractivity contribution in [1.29, 1.82) is 0 Å². The van der Waals surface area contributed by atoms with Crippen LogP contribution in [-0.4, -0.2) is 13.2 Å². The maximum absolute atomic E-state index is 5.78. The van der Waals surface area contributed by atoms with Crippen LogP contribution in [0.3, 0.4) is 0 Å². The monoisotopic (exact) mass is 494 g/mol. The lowest BCUT2D eigenvalue weighted by atomic mass is 10.1. The molecule has 0 aromatic heterocycles. The first-order chi connectivity index (χ1) is 13.2. The van der Waals surface area contributed by atoms with Crippen LogP contribution in [0.5, 0.6) is 0 Å². The second kappa shape index (κ2) is 14.4. The van der Waals surface area contributed by atoms with Crippen molar-refractivity contribution in [3.05, 3.63) is 68.6 Å². The van der Waals surface area contributed by atoms with Crippen LogP contribution in [-0.2, 0) is 17.6 Å². The average Bonchev–Trinajstić information content (AvgIpc) is 2.68. The molecule has 0 saturated heterocycles. The van der Waals surface area contributed by atoms with Gasteiger partial charge in [-0.3, -0.25) is 0 Å². The molecule has 0 saturated carbocycles. The molecule has 1 nitrogen and oxygen atoms in total. The molecule has 2 rings (SSSR count). The first-order valence-electron chi connectivity index (χ1n) is 10.3. The summed E-state index contributed by atoms with van der Waals surface area (Å²) in [6.07, 6.45) is 12.5. The Kier molecular flexibility index (Phi) is 12.1. The fraction of sp³-hybridized carbons (Fsp3) is 0.500. The number of rotatable bonds is 14. The highest BCUT2D eigenvalue weighted by atomic mass is 79.9.